The minimum atomic E-state index is -4.92. The van der Waals surface area contributed by atoms with Crippen molar-refractivity contribution in [3.8, 4) is 0 Å². The maximum atomic E-state index is 14.1. The second-order valence-corrected chi connectivity index (χ2v) is 8.89. The molecule has 10 heteroatoms. The van der Waals surface area contributed by atoms with Crippen LogP contribution in [0.25, 0.3) is 0 Å². The van der Waals surface area contributed by atoms with Gasteiger partial charge in [-0.3, -0.25) is 0 Å². The molecular weight excluding hydrogens is 372 g/mol. The second kappa shape index (κ2) is 7.23. The molecule has 24 heavy (non-hydrogen) atoms. The Morgan fingerprint density at radius 3 is 2.29 bits per heavy atom. The van der Waals surface area contributed by atoms with Crippen molar-refractivity contribution in [3.05, 3.63) is 28.8 Å². The summed E-state index contributed by atoms with van der Waals surface area (Å²) in [6.07, 6.45) is -8.66. The molecule has 0 aliphatic carbocycles. The van der Waals surface area contributed by atoms with E-state index in [-0.39, 0.29) is 5.15 Å². The van der Waals surface area contributed by atoms with Crippen molar-refractivity contribution in [3.63, 3.8) is 0 Å². The summed E-state index contributed by atoms with van der Waals surface area (Å²) in [4.78, 5) is 3.73. The van der Waals surface area contributed by atoms with Gasteiger partial charge in [0.05, 0.1) is 27.0 Å². The molecule has 0 saturated heterocycles. The van der Waals surface area contributed by atoms with Gasteiger partial charge in [0.25, 0.3) is 0 Å². The van der Waals surface area contributed by atoms with Crippen LogP contribution in [-0.2, 0) is 16.5 Å². The van der Waals surface area contributed by atoms with Crippen molar-refractivity contribution in [2.75, 3.05) is 0 Å². The maximum absolute atomic E-state index is 14.1. The fourth-order valence-corrected chi connectivity index (χ4v) is 2.89. The fraction of sp³-hybridized carbons (Fsp3) is 0.643. The third-order valence-corrected chi connectivity index (χ3v) is 5.15. The van der Waals surface area contributed by atoms with Crippen molar-refractivity contribution in [2.45, 2.75) is 56.7 Å². The largest absolute Gasteiger partial charge is 0.414 e. The van der Waals surface area contributed by atoms with E-state index in [1.807, 2.05) is 0 Å². The third-order valence-electron chi connectivity index (χ3n) is 3.19. The molecule has 0 spiro atoms. The first-order valence-electron chi connectivity index (χ1n) is 6.94. The molecule has 0 saturated carbocycles. The molecule has 0 bridgehead atoms. The molecule has 3 unspecified atom stereocenters. The van der Waals surface area contributed by atoms with Gasteiger partial charge in [0.2, 0.25) is 0 Å². The second-order valence-electron chi connectivity index (χ2n) is 6.54. The molecule has 2 N–H and O–H groups in total. The minimum Gasteiger partial charge on any atom is -0.384 e. The number of pyridine rings is 1. The van der Waals surface area contributed by atoms with Crippen LogP contribution in [0.2, 0.25) is 5.15 Å². The van der Waals surface area contributed by atoms with Gasteiger partial charge in [0.1, 0.15) is 11.0 Å². The zero-order chi connectivity index (χ0) is 18.9. The first-order chi connectivity index (χ1) is 10.7. The Balaban J connectivity index is 3.35. The molecule has 4 nitrogen and oxygen atoms in total. The molecule has 0 fully saturated rings. The highest BCUT2D eigenvalue weighted by Gasteiger charge is 2.46. The normalized spacial score (nSPS) is 18.1. The van der Waals surface area contributed by atoms with Crippen LogP contribution in [-0.4, -0.2) is 31.3 Å². The number of nitrogens with one attached hydrogen (secondary N) is 1. The van der Waals surface area contributed by atoms with E-state index in [9.17, 15) is 26.9 Å². The van der Waals surface area contributed by atoms with Gasteiger partial charge in [-0.15, -0.1) is 0 Å². The van der Waals surface area contributed by atoms with Crippen LogP contribution < -0.4 is 4.72 Å². The summed E-state index contributed by atoms with van der Waals surface area (Å²) in [5.41, 5.74) is -2.31. The highest BCUT2D eigenvalue weighted by atomic mass is 35.5. The summed E-state index contributed by atoms with van der Waals surface area (Å²) in [5, 5.41) is 9.27. The Bertz CT molecular complexity index is 622. The van der Waals surface area contributed by atoms with Crippen molar-refractivity contribution in [1.29, 1.82) is 0 Å². The van der Waals surface area contributed by atoms with Gasteiger partial charge in [-0.2, -0.15) is 13.2 Å². The fourth-order valence-electron chi connectivity index (χ4n) is 1.85. The number of aliphatic hydroxyl groups is 1. The van der Waals surface area contributed by atoms with E-state index in [4.69, 9.17) is 11.6 Å². The van der Waals surface area contributed by atoms with Crippen LogP contribution in [0.4, 0.5) is 17.6 Å². The summed E-state index contributed by atoms with van der Waals surface area (Å²) < 4.78 is 66.4. The summed E-state index contributed by atoms with van der Waals surface area (Å²) in [7, 11) is -1.84. The van der Waals surface area contributed by atoms with Gasteiger partial charge in [-0.25, -0.2) is 18.3 Å². The first-order valence-corrected chi connectivity index (χ1v) is 8.46. The quantitative estimate of drug-likeness (QED) is 0.598. The summed E-state index contributed by atoms with van der Waals surface area (Å²) in [6.45, 7) is 5.97. The van der Waals surface area contributed by atoms with Crippen LogP contribution >= 0.6 is 11.6 Å². The topological polar surface area (TPSA) is 62.2 Å². The van der Waals surface area contributed by atoms with Crippen molar-refractivity contribution in [1.82, 2.24) is 9.71 Å². The average Bonchev–Trinajstić information content (AvgIpc) is 2.39. The van der Waals surface area contributed by atoms with Crippen molar-refractivity contribution < 1.29 is 26.9 Å². The number of aromatic nitrogens is 1. The van der Waals surface area contributed by atoms with Gasteiger partial charge >= 0.3 is 6.18 Å². The predicted molar refractivity (Wildman–Crippen MR) is 84.3 cm³/mol. The number of halogens is 5. The number of hydrogen-bond acceptors (Lipinski definition) is 3. The Morgan fingerprint density at radius 1 is 1.29 bits per heavy atom. The standard InChI is InChI=1S/C14H19ClF4N2O2S/c1-12(2,3)24(23)21-13(4,7-9(22)14(17,18)19)11-8(16)5-6-10(15)20-11/h5-6,9,21-22H,7H2,1-4H3. The Labute approximate surface area is 145 Å². The monoisotopic (exact) mass is 390 g/mol. The Morgan fingerprint density at radius 2 is 1.83 bits per heavy atom. The summed E-state index contributed by atoms with van der Waals surface area (Å²) in [5.74, 6) is -0.922. The average molecular weight is 391 g/mol. The van der Waals surface area contributed by atoms with Crippen LogP contribution in [0, 0.1) is 5.82 Å². The molecule has 1 aromatic heterocycles. The molecule has 0 aliphatic heterocycles. The lowest BCUT2D eigenvalue weighted by Gasteiger charge is -2.35. The number of alkyl halides is 3. The SMILES string of the molecule is CC(CC(O)C(F)(F)F)(NS(=O)C(C)(C)C)c1nc(Cl)ccc1F. The molecule has 1 rings (SSSR count). The van der Waals surface area contributed by atoms with E-state index in [2.05, 4.69) is 9.71 Å². The zero-order valence-corrected chi connectivity index (χ0v) is 15.1. The molecule has 1 heterocycles. The zero-order valence-electron chi connectivity index (χ0n) is 13.5. The summed E-state index contributed by atoms with van der Waals surface area (Å²) in [6, 6.07) is 2.09. The molecule has 0 aromatic carbocycles. The lowest BCUT2D eigenvalue weighted by molar-refractivity contribution is -0.209. The van der Waals surface area contributed by atoms with E-state index in [0.29, 0.717) is 0 Å². The molecule has 1 aromatic rings. The first kappa shape index (κ1) is 21.3. The van der Waals surface area contributed by atoms with Crippen LogP contribution in [0.5, 0.6) is 0 Å². The van der Waals surface area contributed by atoms with E-state index in [1.54, 1.807) is 20.8 Å². The van der Waals surface area contributed by atoms with E-state index < -0.39 is 51.5 Å². The highest BCUT2D eigenvalue weighted by Crippen LogP contribution is 2.34. The van der Waals surface area contributed by atoms with Crippen molar-refractivity contribution in [2.24, 2.45) is 0 Å². The number of aliphatic hydroxyl groups excluding tert-OH is 1. The molecule has 138 valence electrons. The van der Waals surface area contributed by atoms with E-state index >= 15 is 0 Å². The number of hydrogen-bond donors (Lipinski definition) is 2. The van der Waals surface area contributed by atoms with Gasteiger partial charge < -0.3 is 5.11 Å². The Hall–Kier alpha value is -0.770. The van der Waals surface area contributed by atoms with Crippen LogP contribution in [0.3, 0.4) is 0 Å². The maximum Gasteiger partial charge on any atom is 0.414 e. The van der Waals surface area contributed by atoms with Crippen molar-refractivity contribution >= 4 is 22.6 Å². The van der Waals surface area contributed by atoms with E-state index in [1.165, 1.54) is 6.92 Å². The molecule has 0 radical (unpaired) electrons. The molecule has 0 amide bonds. The minimum absolute atomic E-state index is 0.137. The predicted octanol–water partition coefficient (Wildman–Crippen LogP) is 3.45. The molecule has 3 atom stereocenters. The molecule has 0 aliphatic rings. The van der Waals surface area contributed by atoms with Crippen LogP contribution in [0.15, 0.2) is 12.1 Å². The Kier molecular flexibility index (Phi) is 6.41. The lowest BCUT2D eigenvalue weighted by atomic mass is 9.90. The van der Waals surface area contributed by atoms with E-state index in [0.717, 1.165) is 12.1 Å². The van der Waals surface area contributed by atoms with Gasteiger partial charge in [-0.1, -0.05) is 11.6 Å². The summed E-state index contributed by atoms with van der Waals surface area (Å²) >= 11 is 5.71. The number of nitrogens with zero attached hydrogens (tertiary/aromatic N) is 1. The van der Waals surface area contributed by atoms with Gasteiger partial charge in [-0.05, 0) is 39.8 Å². The molecular formula is C14H19ClF4N2O2S. The van der Waals surface area contributed by atoms with Crippen LogP contribution in [0.1, 0.15) is 39.8 Å². The number of rotatable bonds is 5. The lowest BCUT2D eigenvalue weighted by Crippen LogP contribution is -2.50. The van der Waals surface area contributed by atoms with Gasteiger partial charge in [0.15, 0.2) is 6.10 Å². The smallest absolute Gasteiger partial charge is 0.384 e. The highest BCUT2D eigenvalue weighted by molar-refractivity contribution is 7.84. The third kappa shape index (κ3) is 5.37. The van der Waals surface area contributed by atoms with Gasteiger partial charge in [0, 0.05) is 6.42 Å².